The number of hydrogen-bond donors (Lipinski definition) is 2. The maximum absolute atomic E-state index is 12.6. The first-order chi connectivity index (χ1) is 11.5. The van der Waals surface area contributed by atoms with E-state index in [2.05, 4.69) is 4.98 Å². The number of para-hydroxylation sites is 1. The van der Waals surface area contributed by atoms with E-state index < -0.39 is 12.1 Å². The largest absolute Gasteiger partial charge is 0.451 e. The quantitative estimate of drug-likeness (QED) is 0.428. The zero-order valence-electron chi connectivity index (χ0n) is 12.9. The third kappa shape index (κ3) is 2.98. The number of nitrogens with one attached hydrogen (secondary N) is 1. The molecule has 0 amide bonds. The van der Waals surface area contributed by atoms with Crippen LogP contribution in [-0.2, 0) is 4.74 Å². The molecule has 0 unspecified atom stereocenters. The molecule has 0 aliphatic heterocycles. The van der Waals surface area contributed by atoms with Gasteiger partial charge in [0.1, 0.15) is 0 Å². The molecule has 0 bridgehead atoms. The Bertz CT molecular complexity index is 933. The fourth-order valence-corrected chi connectivity index (χ4v) is 2.67. The lowest BCUT2D eigenvalue weighted by atomic mass is 10.1. The molecule has 0 radical (unpaired) electrons. The standard InChI is InChI=1S/C18H15ClN2O3/c1-10(24-18(23)13-7-6-11(19)8-15(13)20)17(22)14-9-21-16-5-3-2-4-12(14)16/h2-10,21H,20H2,1H3/t10-/m0/s1. The number of carbonyl (C=O) groups is 2. The Morgan fingerprint density at radius 2 is 1.92 bits per heavy atom. The number of aromatic nitrogens is 1. The predicted octanol–water partition coefficient (Wildman–Crippen LogP) is 3.83. The summed E-state index contributed by atoms with van der Waals surface area (Å²) in [7, 11) is 0. The van der Waals surface area contributed by atoms with E-state index in [-0.39, 0.29) is 17.0 Å². The second-order valence-electron chi connectivity index (χ2n) is 5.39. The van der Waals surface area contributed by atoms with Crippen molar-refractivity contribution in [3.8, 4) is 0 Å². The Hall–Kier alpha value is -2.79. The molecule has 0 fully saturated rings. The molecule has 3 N–H and O–H groups in total. The summed E-state index contributed by atoms with van der Waals surface area (Å²) in [5, 5.41) is 1.21. The van der Waals surface area contributed by atoms with Crippen LogP contribution in [0, 0.1) is 0 Å². The molecule has 0 spiro atoms. The summed E-state index contributed by atoms with van der Waals surface area (Å²) in [6, 6.07) is 11.9. The van der Waals surface area contributed by atoms with Crippen molar-refractivity contribution in [2.24, 2.45) is 0 Å². The van der Waals surface area contributed by atoms with Crippen LogP contribution < -0.4 is 5.73 Å². The fourth-order valence-electron chi connectivity index (χ4n) is 2.49. The van der Waals surface area contributed by atoms with Crippen molar-refractivity contribution in [1.29, 1.82) is 0 Å². The van der Waals surface area contributed by atoms with E-state index in [1.807, 2.05) is 24.3 Å². The summed E-state index contributed by atoms with van der Waals surface area (Å²) in [4.78, 5) is 27.8. The molecule has 6 heteroatoms. The number of ether oxygens (including phenoxy) is 1. The van der Waals surface area contributed by atoms with Crippen molar-refractivity contribution in [1.82, 2.24) is 4.98 Å². The zero-order valence-corrected chi connectivity index (χ0v) is 13.6. The molecule has 1 aromatic heterocycles. The molecule has 1 atom stereocenters. The van der Waals surface area contributed by atoms with Crippen LogP contribution >= 0.6 is 11.6 Å². The van der Waals surface area contributed by atoms with Crippen LogP contribution in [0.25, 0.3) is 10.9 Å². The second kappa shape index (κ2) is 6.37. The first-order valence-corrected chi connectivity index (χ1v) is 7.71. The average molecular weight is 343 g/mol. The van der Waals surface area contributed by atoms with Crippen LogP contribution in [0.4, 0.5) is 5.69 Å². The SMILES string of the molecule is C[C@H](OC(=O)c1ccc(Cl)cc1N)C(=O)c1c[nH]c2ccccc12. The number of ketones is 1. The Morgan fingerprint density at radius 3 is 2.67 bits per heavy atom. The van der Waals surface area contributed by atoms with Gasteiger partial charge in [-0.15, -0.1) is 0 Å². The highest BCUT2D eigenvalue weighted by Gasteiger charge is 2.23. The number of nitrogen functional groups attached to an aromatic ring is 1. The molecule has 0 saturated heterocycles. The lowest BCUT2D eigenvalue weighted by molar-refractivity contribution is 0.0320. The van der Waals surface area contributed by atoms with E-state index in [0.717, 1.165) is 10.9 Å². The van der Waals surface area contributed by atoms with Gasteiger partial charge in [-0.1, -0.05) is 29.8 Å². The summed E-state index contributed by atoms with van der Waals surface area (Å²) in [6.07, 6.45) is 0.681. The number of halogens is 1. The van der Waals surface area contributed by atoms with Crippen molar-refractivity contribution in [3.63, 3.8) is 0 Å². The highest BCUT2D eigenvalue weighted by atomic mass is 35.5. The van der Waals surface area contributed by atoms with Crippen LogP contribution in [0.15, 0.2) is 48.7 Å². The predicted molar refractivity (Wildman–Crippen MR) is 93.4 cm³/mol. The van der Waals surface area contributed by atoms with E-state index >= 15 is 0 Å². The number of esters is 1. The number of carbonyl (C=O) groups excluding carboxylic acids is 2. The fraction of sp³-hybridized carbons (Fsp3) is 0.111. The summed E-state index contributed by atoms with van der Waals surface area (Å²) in [5.41, 5.74) is 7.48. The average Bonchev–Trinajstić information content (AvgIpc) is 2.97. The normalized spacial score (nSPS) is 12.1. The molecular weight excluding hydrogens is 328 g/mol. The zero-order chi connectivity index (χ0) is 17.3. The van der Waals surface area contributed by atoms with Gasteiger partial charge in [-0.2, -0.15) is 0 Å². The van der Waals surface area contributed by atoms with Crippen molar-refractivity contribution < 1.29 is 14.3 Å². The highest BCUT2D eigenvalue weighted by molar-refractivity contribution is 6.31. The Kier molecular flexibility index (Phi) is 4.27. The molecule has 5 nitrogen and oxygen atoms in total. The molecular formula is C18H15ClN2O3. The van der Waals surface area contributed by atoms with Gasteiger partial charge < -0.3 is 15.5 Å². The van der Waals surface area contributed by atoms with Gasteiger partial charge in [0.25, 0.3) is 0 Å². The van der Waals surface area contributed by atoms with Crippen molar-refractivity contribution in [2.75, 3.05) is 5.73 Å². The molecule has 0 aliphatic carbocycles. The van der Waals surface area contributed by atoms with Crippen LogP contribution in [0.1, 0.15) is 27.6 Å². The van der Waals surface area contributed by atoms with E-state index in [0.29, 0.717) is 10.6 Å². The number of benzene rings is 2. The number of H-pyrrole nitrogens is 1. The number of fused-ring (bicyclic) bond motifs is 1. The molecule has 3 rings (SSSR count). The van der Waals surface area contributed by atoms with Gasteiger partial charge in [-0.05, 0) is 31.2 Å². The van der Waals surface area contributed by atoms with Crippen molar-refractivity contribution >= 4 is 39.9 Å². The van der Waals surface area contributed by atoms with Crippen LogP contribution in [-0.4, -0.2) is 22.8 Å². The van der Waals surface area contributed by atoms with Gasteiger partial charge in [0.05, 0.1) is 5.56 Å². The van der Waals surface area contributed by atoms with Crippen LogP contribution in [0.5, 0.6) is 0 Å². The number of nitrogens with two attached hydrogens (primary N) is 1. The van der Waals surface area contributed by atoms with Crippen molar-refractivity contribution in [3.05, 3.63) is 64.8 Å². The minimum atomic E-state index is -0.938. The maximum atomic E-state index is 12.6. The summed E-state index contributed by atoms with van der Waals surface area (Å²) in [6.45, 7) is 1.54. The molecule has 0 aliphatic rings. The number of hydrogen-bond acceptors (Lipinski definition) is 4. The Morgan fingerprint density at radius 1 is 1.17 bits per heavy atom. The van der Waals surface area contributed by atoms with Crippen molar-refractivity contribution in [2.45, 2.75) is 13.0 Å². The molecule has 122 valence electrons. The van der Waals surface area contributed by atoms with E-state index in [1.165, 1.54) is 19.1 Å². The van der Waals surface area contributed by atoms with Crippen LogP contribution in [0.3, 0.4) is 0 Å². The van der Waals surface area contributed by atoms with E-state index in [4.69, 9.17) is 22.1 Å². The smallest absolute Gasteiger partial charge is 0.340 e. The molecule has 3 aromatic rings. The minimum Gasteiger partial charge on any atom is -0.451 e. The monoisotopic (exact) mass is 342 g/mol. The first kappa shape index (κ1) is 16.1. The summed E-state index contributed by atoms with van der Waals surface area (Å²) in [5.74, 6) is -0.946. The number of aromatic amines is 1. The second-order valence-corrected chi connectivity index (χ2v) is 5.83. The molecule has 0 saturated carbocycles. The first-order valence-electron chi connectivity index (χ1n) is 7.33. The van der Waals surface area contributed by atoms with E-state index in [1.54, 1.807) is 12.3 Å². The van der Waals surface area contributed by atoms with Gasteiger partial charge in [-0.25, -0.2) is 4.79 Å². The van der Waals surface area contributed by atoms with Gasteiger partial charge in [0, 0.05) is 33.4 Å². The highest BCUT2D eigenvalue weighted by Crippen LogP contribution is 2.22. The van der Waals surface area contributed by atoms with Gasteiger partial charge >= 0.3 is 5.97 Å². The minimum absolute atomic E-state index is 0.179. The van der Waals surface area contributed by atoms with Gasteiger partial charge in [-0.3, -0.25) is 4.79 Å². The lowest BCUT2D eigenvalue weighted by Crippen LogP contribution is -2.24. The third-order valence-electron chi connectivity index (χ3n) is 3.74. The summed E-state index contributed by atoms with van der Waals surface area (Å²) >= 11 is 5.81. The Balaban J connectivity index is 1.80. The topological polar surface area (TPSA) is 85.2 Å². The van der Waals surface area contributed by atoms with Crippen LogP contribution in [0.2, 0.25) is 5.02 Å². The Labute approximate surface area is 143 Å². The third-order valence-corrected chi connectivity index (χ3v) is 3.98. The number of Topliss-reactive ketones (excluding diaryl/α,β-unsaturated/α-hetero) is 1. The molecule has 24 heavy (non-hydrogen) atoms. The number of rotatable bonds is 4. The summed E-state index contributed by atoms with van der Waals surface area (Å²) < 4.78 is 5.27. The molecule has 1 heterocycles. The molecule has 2 aromatic carbocycles. The number of anilines is 1. The van der Waals surface area contributed by atoms with Gasteiger partial charge in [0.15, 0.2) is 6.10 Å². The van der Waals surface area contributed by atoms with E-state index in [9.17, 15) is 9.59 Å². The van der Waals surface area contributed by atoms with Gasteiger partial charge in [0.2, 0.25) is 5.78 Å². The maximum Gasteiger partial charge on any atom is 0.340 e. The lowest BCUT2D eigenvalue weighted by Gasteiger charge is -2.13.